The molecule has 0 unspecified atom stereocenters. The molecule has 2 rings (SSSR count). The summed E-state index contributed by atoms with van der Waals surface area (Å²) in [6.07, 6.45) is 5.10. The number of allylic oxidation sites excluding steroid dienone is 1. The number of rotatable bonds is 4. The molecule has 0 amide bonds. The Morgan fingerprint density at radius 1 is 1.14 bits per heavy atom. The first-order chi connectivity index (χ1) is 9.81. The minimum absolute atomic E-state index is 0.660. The second-order valence-electron chi connectivity index (χ2n) is 7.02. The Bertz CT molecular complexity index is 562. The Kier molecular flexibility index (Phi) is 4.45. The molecule has 0 aromatic heterocycles. The third-order valence-corrected chi connectivity index (χ3v) is 14.4. The lowest BCUT2D eigenvalue weighted by Crippen LogP contribution is -2.57. The third-order valence-electron chi connectivity index (χ3n) is 4.66. The predicted octanol–water partition coefficient (Wildman–Crippen LogP) is 3.42. The van der Waals surface area contributed by atoms with E-state index in [-0.39, 0.29) is 0 Å². The summed E-state index contributed by atoms with van der Waals surface area (Å²) in [4.78, 5) is 0. The molecule has 0 radical (unpaired) electrons. The molecule has 21 heavy (non-hydrogen) atoms. The number of benzene rings is 1. The van der Waals surface area contributed by atoms with Crippen molar-refractivity contribution in [3.8, 4) is 6.07 Å². The van der Waals surface area contributed by atoms with Crippen molar-refractivity contribution < 1.29 is 0 Å². The Labute approximate surface area is 131 Å². The summed E-state index contributed by atoms with van der Waals surface area (Å²) in [5.41, 5.74) is 1.42. The average Bonchev–Trinajstić information content (AvgIpc) is 2.58. The van der Waals surface area contributed by atoms with Crippen LogP contribution in [0.3, 0.4) is 0 Å². The van der Waals surface area contributed by atoms with Gasteiger partial charge in [-0.1, -0.05) is 29.8 Å². The van der Waals surface area contributed by atoms with E-state index in [0.717, 1.165) is 12.8 Å². The van der Waals surface area contributed by atoms with E-state index < -0.39 is 16.5 Å². The summed E-state index contributed by atoms with van der Waals surface area (Å²) >= 11 is 0. The molecule has 4 heteroatoms. The lowest BCUT2D eigenvalue weighted by molar-refractivity contribution is 0.790. The highest BCUT2D eigenvalue weighted by molar-refractivity contribution is 7.10. The topological polar surface area (TPSA) is 27.0 Å². The van der Waals surface area contributed by atoms with Crippen LogP contribution in [-0.4, -0.2) is 20.7 Å². The average molecular weight is 315 g/mol. The molecule has 0 aliphatic carbocycles. The lowest BCUT2D eigenvalue weighted by Gasteiger charge is -2.39. The zero-order valence-electron chi connectivity index (χ0n) is 13.9. The van der Waals surface area contributed by atoms with Crippen LogP contribution in [0.4, 0.5) is 0 Å². The van der Waals surface area contributed by atoms with Gasteiger partial charge in [0.2, 0.25) is 0 Å². The second-order valence-corrected chi connectivity index (χ2v) is 15.7. The van der Waals surface area contributed by atoms with Crippen LogP contribution in [0.5, 0.6) is 0 Å². The summed E-state index contributed by atoms with van der Waals surface area (Å²) in [5.74, 6) is 0. The minimum atomic E-state index is -1.58. The first kappa shape index (κ1) is 16.1. The van der Waals surface area contributed by atoms with Gasteiger partial charge >= 0.3 is 0 Å². The van der Waals surface area contributed by atoms with Crippen molar-refractivity contribution in [1.29, 1.82) is 5.26 Å². The number of nitriles is 1. The summed E-state index contributed by atoms with van der Waals surface area (Å²) in [6, 6.07) is 11.3. The van der Waals surface area contributed by atoms with Gasteiger partial charge in [0.15, 0.2) is 16.5 Å². The molecule has 1 aliphatic heterocycles. The fraction of sp³-hybridized carbons (Fsp3) is 0.471. The summed E-state index contributed by atoms with van der Waals surface area (Å²) < 4.78 is 2.76. The van der Waals surface area contributed by atoms with E-state index in [1.807, 2.05) is 0 Å². The smallest absolute Gasteiger partial charge is 0.173 e. The van der Waals surface area contributed by atoms with Crippen molar-refractivity contribution in [2.45, 2.75) is 52.4 Å². The molecule has 1 heterocycles. The van der Waals surface area contributed by atoms with Crippen LogP contribution in [0, 0.1) is 11.3 Å². The monoisotopic (exact) mass is 314 g/mol. The number of hydrogen-bond acceptors (Lipinski definition) is 2. The molecule has 2 nitrogen and oxygen atoms in total. The van der Waals surface area contributed by atoms with Gasteiger partial charge in [-0.25, -0.2) is 0 Å². The first-order valence-electron chi connectivity index (χ1n) is 7.75. The molecule has 1 aromatic rings. The first-order valence-corrected chi connectivity index (χ1v) is 13.6. The van der Waals surface area contributed by atoms with Crippen LogP contribution in [0.15, 0.2) is 36.0 Å². The molecule has 0 N–H and O–H groups in total. The van der Waals surface area contributed by atoms with Crippen molar-refractivity contribution in [1.82, 2.24) is 4.23 Å². The van der Waals surface area contributed by atoms with Crippen LogP contribution >= 0.6 is 0 Å². The quantitative estimate of drug-likeness (QED) is 0.629. The molecule has 0 saturated heterocycles. The Morgan fingerprint density at radius 3 is 2.14 bits per heavy atom. The van der Waals surface area contributed by atoms with E-state index in [1.165, 1.54) is 5.57 Å². The Balaban J connectivity index is 2.33. The van der Waals surface area contributed by atoms with E-state index in [0.29, 0.717) is 6.42 Å². The predicted molar refractivity (Wildman–Crippen MR) is 95.7 cm³/mol. The van der Waals surface area contributed by atoms with Crippen LogP contribution in [0.1, 0.15) is 26.2 Å². The summed E-state index contributed by atoms with van der Waals surface area (Å²) in [7, 11) is -3.16. The fourth-order valence-corrected chi connectivity index (χ4v) is 15.8. The molecule has 1 aliphatic rings. The van der Waals surface area contributed by atoms with Crippen molar-refractivity contribution in [2.24, 2.45) is 0 Å². The Hall–Kier alpha value is -1.32. The SMILES string of the molecule is C/C(=C/N1[Si](C)(C)c2ccccc2[Si]1(C)C)CCCC#N. The molecule has 0 bridgehead atoms. The van der Waals surface area contributed by atoms with Crippen LogP contribution in [-0.2, 0) is 0 Å². The van der Waals surface area contributed by atoms with Gasteiger partial charge in [-0.2, -0.15) is 5.26 Å². The van der Waals surface area contributed by atoms with Crippen LogP contribution in [0.2, 0.25) is 26.2 Å². The van der Waals surface area contributed by atoms with Crippen molar-refractivity contribution >= 4 is 26.8 Å². The van der Waals surface area contributed by atoms with E-state index in [9.17, 15) is 0 Å². The molecule has 0 fully saturated rings. The van der Waals surface area contributed by atoms with Gasteiger partial charge in [0.05, 0.1) is 6.07 Å². The van der Waals surface area contributed by atoms with Crippen molar-refractivity contribution in [2.75, 3.05) is 0 Å². The molecule has 0 spiro atoms. The number of nitrogens with zero attached hydrogens (tertiary/aromatic N) is 2. The third kappa shape index (κ3) is 2.85. The highest BCUT2D eigenvalue weighted by Crippen LogP contribution is 2.27. The maximum atomic E-state index is 8.68. The van der Waals surface area contributed by atoms with Gasteiger partial charge in [-0.3, -0.25) is 0 Å². The zero-order chi connectivity index (χ0) is 15.7. The maximum Gasteiger partial charge on any atom is 0.173 e. The fourth-order valence-electron chi connectivity index (χ4n) is 3.56. The van der Waals surface area contributed by atoms with Gasteiger partial charge < -0.3 is 4.23 Å². The standard InChI is InChI=1S/C17H26N2Si2/c1-15(10-8-9-13-18)14-19-20(2,3)16-11-6-7-12-17(16)21(19,4)5/h6-7,11-12,14H,8-10H2,1-5H3/b15-14-. The van der Waals surface area contributed by atoms with E-state index in [1.54, 1.807) is 10.4 Å². The maximum absolute atomic E-state index is 8.68. The van der Waals surface area contributed by atoms with E-state index in [4.69, 9.17) is 5.26 Å². The highest BCUT2D eigenvalue weighted by atomic mass is 28.4. The molecule has 0 saturated carbocycles. The number of hydrogen-bond donors (Lipinski definition) is 0. The van der Waals surface area contributed by atoms with Gasteiger partial charge in [0.25, 0.3) is 0 Å². The lowest BCUT2D eigenvalue weighted by atomic mass is 10.1. The van der Waals surface area contributed by atoms with E-state index in [2.05, 4.69) is 73.9 Å². The van der Waals surface area contributed by atoms with Gasteiger partial charge in [-0.15, -0.1) is 0 Å². The molecular weight excluding hydrogens is 288 g/mol. The van der Waals surface area contributed by atoms with E-state index >= 15 is 0 Å². The van der Waals surface area contributed by atoms with Crippen LogP contribution < -0.4 is 10.4 Å². The summed E-state index contributed by atoms with van der Waals surface area (Å²) in [5, 5.41) is 11.9. The number of unbranched alkanes of at least 4 members (excludes halogenated alkanes) is 1. The largest absolute Gasteiger partial charge is 0.424 e. The van der Waals surface area contributed by atoms with Gasteiger partial charge in [0, 0.05) is 6.42 Å². The summed E-state index contributed by atoms with van der Waals surface area (Å²) in [6.45, 7) is 12.1. The van der Waals surface area contributed by atoms with Gasteiger partial charge in [0.1, 0.15) is 0 Å². The minimum Gasteiger partial charge on any atom is -0.424 e. The Morgan fingerprint density at radius 2 is 1.67 bits per heavy atom. The molecular formula is C17H26N2Si2. The number of fused-ring (bicyclic) bond motifs is 1. The molecule has 0 atom stereocenters. The zero-order valence-corrected chi connectivity index (χ0v) is 15.9. The second kappa shape index (κ2) is 5.82. The van der Waals surface area contributed by atoms with Gasteiger partial charge in [-0.05, 0) is 62.5 Å². The van der Waals surface area contributed by atoms with Crippen LogP contribution in [0.25, 0.3) is 0 Å². The normalized spacial score (nSPS) is 19.2. The molecule has 112 valence electrons. The molecule has 1 aromatic carbocycles. The van der Waals surface area contributed by atoms with Crippen molar-refractivity contribution in [3.63, 3.8) is 0 Å². The highest BCUT2D eigenvalue weighted by Gasteiger charge is 2.50. The van der Waals surface area contributed by atoms with Crippen molar-refractivity contribution in [3.05, 3.63) is 36.0 Å².